The lowest BCUT2D eigenvalue weighted by Gasteiger charge is -2.38. The van der Waals surface area contributed by atoms with Crippen LogP contribution in [0, 0.1) is 16.7 Å². The summed E-state index contributed by atoms with van der Waals surface area (Å²) in [4.78, 5) is 4.24. The fourth-order valence-corrected chi connectivity index (χ4v) is 4.09. The van der Waals surface area contributed by atoms with Crippen molar-refractivity contribution in [2.75, 3.05) is 12.4 Å². The maximum Gasteiger partial charge on any atom is 0.129 e. The molecule has 0 aliphatic heterocycles. The monoisotopic (exact) mass is 260 g/mol. The van der Waals surface area contributed by atoms with Crippen LogP contribution in [0.1, 0.15) is 40.0 Å². The molecule has 2 bridgehead atoms. The Hall–Kier alpha value is -1.25. The molecule has 0 saturated heterocycles. The lowest BCUT2D eigenvalue weighted by molar-refractivity contribution is 0.0302. The van der Waals surface area contributed by atoms with Crippen LogP contribution < -0.4 is 10.1 Å². The van der Waals surface area contributed by atoms with Gasteiger partial charge in [-0.3, -0.25) is 0 Å². The van der Waals surface area contributed by atoms with Crippen molar-refractivity contribution in [1.29, 1.82) is 0 Å². The molecule has 0 radical (unpaired) electrons. The van der Waals surface area contributed by atoms with Crippen LogP contribution >= 0.6 is 0 Å². The molecule has 3 heteroatoms. The topological polar surface area (TPSA) is 34.1 Å². The molecule has 3 rings (SSSR count). The summed E-state index contributed by atoms with van der Waals surface area (Å²) in [7, 11) is 1.88. The smallest absolute Gasteiger partial charge is 0.129 e. The number of anilines is 1. The first-order valence-corrected chi connectivity index (χ1v) is 7.28. The zero-order valence-corrected chi connectivity index (χ0v) is 12.4. The van der Waals surface area contributed by atoms with E-state index in [-0.39, 0.29) is 0 Å². The van der Waals surface area contributed by atoms with Crippen LogP contribution in [0.4, 0.5) is 5.82 Å². The number of rotatable bonds is 3. The molecule has 0 aromatic carbocycles. The zero-order valence-electron chi connectivity index (χ0n) is 12.4. The minimum absolute atomic E-state index is 0.306. The molecule has 2 aliphatic carbocycles. The van der Waals surface area contributed by atoms with Crippen molar-refractivity contribution in [2.45, 2.75) is 46.1 Å². The molecule has 2 saturated carbocycles. The standard InChI is InChI=1S/C16H24N2O/c1-15(2)11-5-7-16(15,3)13(9-11)19-12-6-8-18-14(10-12)17-4/h6,8,10-11,13H,5,7,9H2,1-4H3,(H,17,18). The fraction of sp³-hybridized carbons (Fsp3) is 0.688. The number of pyridine rings is 1. The summed E-state index contributed by atoms with van der Waals surface area (Å²) < 4.78 is 6.31. The molecular weight excluding hydrogens is 236 g/mol. The van der Waals surface area contributed by atoms with Crippen molar-refractivity contribution in [2.24, 2.45) is 16.7 Å². The second-order valence-electron chi connectivity index (χ2n) is 6.84. The van der Waals surface area contributed by atoms with Crippen LogP contribution in [0.5, 0.6) is 5.75 Å². The lowest BCUT2D eigenvalue weighted by Crippen LogP contribution is -2.38. The van der Waals surface area contributed by atoms with Crippen LogP contribution in [0.15, 0.2) is 18.3 Å². The van der Waals surface area contributed by atoms with Gasteiger partial charge in [-0.15, -0.1) is 0 Å². The summed E-state index contributed by atoms with van der Waals surface area (Å²) >= 11 is 0. The molecule has 3 nitrogen and oxygen atoms in total. The van der Waals surface area contributed by atoms with E-state index in [1.807, 2.05) is 25.4 Å². The Kier molecular flexibility index (Phi) is 2.77. The van der Waals surface area contributed by atoms with E-state index >= 15 is 0 Å². The number of nitrogens with zero attached hydrogens (tertiary/aromatic N) is 1. The van der Waals surface area contributed by atoms with Gasteiger partial charge in [-0.25, -0.2) is 4.98 Å². The van der Waals surface area contributed by atoms with Crippen molar-refractivity contribution < 1.29 is 4.74 Å². The van der Waals surface area contributed by atoms with Crippen LogP contribution in [-0.2, 0) is 0 Å². The van der Waals surface area contributed by atoms with Gasteiger partial charge in [-0.2, -0.15) is 0 Å². The molecule has 3 atom stereocenters. The van der Waals surface area contributed by atoms with Gasteiger partial charge in [0.1, 0.15) is 17.7 Å². The zero-order chi connectivity index (χ0) is 13.7. The second kappa shape index (κ2) is 4.12. The molecule has 0 spiro atoms. The Morgan fingerprint density at radius 2 is 2.16 bits per heavy atom. The number of hydrogen-bond acceptors (Lipinski definition) is 3. The van der Waals surface area contributed by atoms with Crippen molar-refractivity contribution >= 4 is 5.82 Å². The average Bonchev–Trinajstić information content (AvgIpc) is 2.72. The summed E-state index contributed by atoms with van der Waals surface area (Å²) in [6.07, 6.45) is 6.00. The Morgan fingerprint density at radius 1 is 1.37 bits per heavy atom. The number of aromatic nitrogens is 1. The molecule has 1 heterocycles. The SMILES string of the molecule is CNc1cc(OC2CC3CCC2(C)C3(C)C)ccn1. The molecule has 1 aromatic rings. The predicted octanol–water partition coefficient (Wildman–Crippen LogP) is 3.72. The van der Waals surface area contributed by atoms with Gasteiger partial charge in [-0.05, 0) is 36.7 Å². The van der Waals surface area contributed by atoms with Crippen LogP contribution in [0.25, 0.3) is 0 Å². The highest BCUT2D eigenvalue weighted by molar-refractivity contribution is 5.40. The van der Waals surface area contributed by atoms with E-state index in [1.165, 1.54) is 19.3 Å². The van der Waals surface area contributed by atoms with Crippen molar-refractivity contribution in [3.05, 3.63) is 18.3 Å². The Bertz CT molecular complexity index is 485. The van der Waals surface area contributed by atoms with Gasteiger partial charge >= 0.3 is 0 Å². The van der Waals surface area contributed by atoms with Crippen LogP contribution in [-0.4, -0.2) is 18.1 Å². The number of fused-ring (bicyclic) bond motifs is 2. The van der Waals surface area contributed by atoms with E-state index in [0.717, 1.165) is 17.5 Å². The minimum atomic E-state index is 0.306. The fourth-order valence-electron chi connectivity index (χ4n) is 4.09. The molecule has 0 amide bonds. The molecule has 1 aromatic heterocycles. The first-order chi connectivity index (χ1) is 8.97. The van der Waals surface area contributed by atoms with Crippen molar-refractivity contribution in [3.63, 3.8) is 0 Å². The molecular formula is C16H24N2O. The van der Waals surface area contributed by atoms with Crippen molar-refractivity contribution in [1.82, 2.24) is 4.98 Å². The first kappa shape index (κ1) is 12.8. The average molecular weight is 260 g/mol. The van der Waals surface area contributed by atoms with Gasteiger partial charge < -0.3 is 10.1 Å². The van der Waals surface area contributed by atoms with Gasteiger partial charge in [0.05, 0.1) is 0 Å². The highest BCUT2D eigenvalue weighted by Crippen LogP contribution is 2.66. The third-order valence-corrected chi connectivity index (χ3v) is 5.98. The number of ether oxygens (including phenoxy) is 1. The summed E-state index contributed by atoms with van der Waals surface area (Å²) in [5.74, 6) is 2.62. The number of nitrogens with one attached hydrogen (secondary N) is 1. The van der Waals surface area contributed by atoms with E-state index in [2.05, 4.69) is 31.1 Å². The molecule has 2 aliphatic rings. The van der Waals surface area contributed by atoms with Gasteiger partial charge in [0, 0.05) is 24.7 Å². The van der Waals surface area contributed by atoms with E-state index in [0.29, 0.717) is 16.9 Å². The largest absolute Gasteiger partial charge is 0.490 e. The van der Waals surface area contributed by atoms with Gasteiger partial charge in [0.15, 0.2) is 0 Å². The van der Waals surface area contributed by atoms with Crippen LogP contribution in [0.2, 0.25) is 0 Å². The van der Waals surface area contributed by atoms with E-state index in [4.69, 9.17) is 4.74 Å². The Morgan fingerprint density at radius 3 is 2.74 bits per heavy atom. The summed E-state index contributed by atoms with van der Waals surface area (Å²) in [6, 6.07) is 3.95. The minimum Gasteiger partial charge on any atom is -0.490 e. The highest BCUT2D eigenvalue weighted by atomic mass is 16.5. The third kappa shape index (κ3) is 1.74. The van der Waals surface area contributed by atoms with Gasteiger partial charge in [0.2, 0.25) is 0 Å². The maximum atomic E-state index is 6.31. The van der Waals surface area contributed by atoms with Crippen LogP contribution in [0.3, 0.4) is 0 Å². The maximum absolute atomic E-state index is 6.31. The quantitative estimate of drug-likeness (QED) is 0.899. The molecule has 3 unspecified atom stereocenters. The lowest BCUT2D eigenvalue weighted by atomic mass is 9.70. The molecule has 2 fully saturated rings. The summed E-state index contributed by atoms with van der Waals surface area (Å²) in [5.41, 5.74) is 0.706. The van der Waals surface area contributed by atoms with E-state index in [9.17, 15) is 0 Å². The second-order valence-corrected chi connectivity index (χ2v) is 6.84. The van der Waals surface area contributed by atoms with Crippen molar-refractivity contribution in [3.8, 4) is 5.75 Å². The van der Waals surface area contributed by atoms with Gasteiger partial charge in [-0.1, -0.05) is 20.8 Å². The van der Waals surface area contributed by atoms with Gasteiger partial charge in [0.25, 0.3) is 0 Å². The Balaban J connectivity index is 1.82. The third-order valence-electron chi connectivity index (χ3n) is 5.98. The van der Waals surface area contributed by atoms with E-state index in [1.54, 1.807) is 0 Å². The number of hydrogen-bond donors (Lipinski definition) is 1. The molecule has 19 heavy (non-hydrogen) atoms. The Labute approximate surface area is 115 Å². The first-order valence-electron chi connectivity index (χ1n) is 7.28. The summed E-state index contributed by atoms with van der Waals surface area (Å²) in [5, 5.41) is 3.06. The highest BCUT2D eigenvalue weighted by Gasteiger charge is 2.62. The summed E-state index contributed by atoms with van der Waals surface area (Å²) in [6.45, 7) is 7.24. The predicted molar refractivity (Wildman–Crippen MR) is 77.4 cm³/mol. The molecule has 1 N–H and O–H groups in total. The molecule has 104 valence electrons. The normalized spacial score (nSPS) is 35.4. The van der Waals surface area contributed by atoms with E-state index < -0.39 is 0 Å².